The van der Waals surface area contributed by atoms with E-state index in [0.717, 1.165) is 27.6 Å². The number of thioether (sulfide) groups is 1. The molecular weight excluding hydrogens is 436 g/mol. The van der Waals surface area contributed by atoms with Gasteiger partial charge in [0, 0.05) is 24.6 Å². The zero-order chi connectivity index (χ0) is 23.4. The molecule has 8 heteroatoms. The lowest BCUT2D eigenvalue weighted by atomic mass is 9.92. The maximum Gasteiger partial charge on any atom is 0.338 e. The molecule has 7 nitrogen and oxygen atoms in total. The summed E-state index contributed by atoms with van der Waals surface area (Å²) in [5.41, 5.74) is 5.08. The summed E-state index contributed by atoms with van der Waals surface area (Å²) in [6, 6.07) is 11.4. The Hall–Kier alpha value is -3.39. The van der Waals surface area contributed by atoms with Gasteiger partial charge >= 0.3 is 5.97 Å². The number of esters is 1. The minimum Gasteiger partial charge on any atom is -0.466 e. The monoisotopic (exact) mass is 462 g/mol. The Bertz CT molecular complexity index is 1140. The average molecular weight is 463 g/mol. The van der Waals surface area contributed by atoms with Crippen molar-refractivity contribution in [2.75, 3.05) is 7.11 Å². The first kappa shape index (κ1) is 22.8. The predicted octanol–water partition coefficient (Wildman–Crippen LogP) is 4.23. The molecule has 0 radical (unpaired) electrons. The number of amides is 1. The summed E-state index contributed by atoms with van der Waals surface area (Å²) < 4.78 is 5.15. The minimum atomic E-state index is -0.408. The molecule has 0 fully saturated rings. The van der Waals surface area contributed by atoms with Gasteiger partial charge in [-0.1, -0.05) is 48.5 Å². The van der Waals surface area contributed by atoms with Gasteiger partial charge in [0.2, 0.25) is 5.91 Å². The van der Waals surface area contributed by atoms with E-state index in [0.29, 0.717) is 24.2 Å². The zero-order valence-corrected chi connectivity index (χ0v) is 19.7. The van der Waals surface area contributed by atoms with Crippen LogP contribution in [0.25, 0.3) is 0 Å². The Labute approximate surface area is 197 Å². The van der Waals surface area contributed by atoms with E-state index in [1.165, 1.54) is 18.9 Å². The van der Waals surface area contributed by atoms with Crippen molar-refractivity contribution < 1.29 is 14.3 Å². The van der Waals surface area contributed by atoms with E-state index in [4.69, 9.17) is 9.73 Å². The number of ether oxygens (including phenoxy) is 1. The van der Waals surface area contributed by atoms with Gasteiger partial charge in [-0.2, -0.15) is 0 Å². The molecule has 0 spiro atoms. The number of rotatable bonds is 7. The van der Waals surface area contributed by atoms with Crippen molar-refractivity contribution >= 4 is 28.8 Å². The van der Waals surface area contributed by atoms with Crippen LogP contribution in [0.3, 0.4) is 0 Å². The first-order chi connectivity index (χ1) is 16.0. The molecule has 1 amide bonds. The Kier molecular flexibility index (Phi) is 6.93. The highest BCUT2D eigenvalue weighted by molar-refractivity contribution is 8.16. The SMILES string of the molecule is CCC1=C(C(=O)OC)[C@H](c2ccc(C)cc2)N2C(CC(=O)NCc3ccncc3)=CSC2=N1. The first-order valence-corrected chi connectivity index (χ1v) is 11.7. The highest BCUT2D eigenvalue weighted by Crippen LogP contribution is 2.45. The van der Waals surface area contributed by atoms with Crippen molar-refractivity contribution in [1.82, 2.24) is 15.2 Å². The molecule has 1 aromatic carbocycles. The molecule has 0 bridgehead atoms. The molecule has 1 aromatic heterocycles. The number of fused-ring (bicyclic) bond motifs is 1. The number of nitrogens with one attached hydrogen (secondary N) is 1. The van der Waals surface area contributed by atoms with Crippen molar-refractivity contribution in [3.05, 3.63) is 87.9 Å². The second-order valence-corrected chi connectivity index (χ2v) is 8.66. The fourth-order valence-corrected chi connectivity index (χ4v) is 4.84. The smallest absolute Gasteiger partial charge is 0.338 e. The third-order valence-corrected chi connectivity index (χ3v) is 6.49. The summed E-state index contributed by atoms with van der Waals surface area (Å²) in [5.74, 6) is -0.508. The summed E-state index contributed by atoms with van der Waals surface area (Å²) in [7, 11) is 1.38. The molecule has 0 saturated carbocycles. The van der Waals surface area contributed by atoms with Crippen LogP contribution in [0, 0.1) is 6.92 Å². The largest absolute Gasteiger partial charge is 0.466 e. The normalized spacial score (nSPS) is 17.3. The van der Waals surface area contributed by atoms with Gasteiger partial charge in [0.05, 0.1) is 30.8 Å². The number of amidine groups is 1. The number of allylic oxidation sites excluding steroid dienone is 1. The number of benzene rings is 1. The van der Waals surface area contributed by atoms with Crippen LogP contribution in [-0.4, -0.2) is 34.0 Å². The van der Waals surface area contributed by atoms with Gasteiger partial charge in [-0.3, -0.25) is 9.78 Å². The molecular formula is C25H26N4O3S. The molecule has 33 heavy (non-hydrogen) atoms. The Morgan fingerprint density at radius 1 is 1.15 bits per heavy atom. The molecule has 1 N–H and O–H groups in total. The maximum absolute atomic E-state index is 12.9. The molecule has 3 heterocycles. The molecule has 2 aromatic rings. The molecule has 4 rings (SSSR count). The number of aromatic nitrogens is 1. The summed E-state index contributed by atoms with van der Waals surface area (Å²) >= 11 is 1.47. The lowest BCUT2D eigenvalue weighted by Gasteiger charge is -2.36. The third-order valence-electron chi connectivity index (χ3n) is 5.60. The van der Waals surface area contributed by atoms with Crippen LogP contribution < -0.4 is 5.32 Å². The second kappa shape index (κ2) is 10.0. The van der Waals surface area contributed by atoms with E-state index in [-0.39, 0.29) is 12.3 Å². The first-order valence-electron chi connectivity index (χ1n) is 10.8. The lowest BCUT2D eigenvalue weighted by molar-refractivity contribution is -0.136. The highest BCUT2D eigenvalue weighted by Gasteiger charge is 2.41. The van der Waals surface area contributed by atoms with E-state index in [1.54, 1.807) is 12.4 Å². The van der Waals surface area contributed by atoms with Crippen molar-refractivity contribution in [2.24, 2.45) is 4.99 Å². The van der Waals surface area contributed by atoms with Crippen LogP contribution in [-0.2, 0) is 20.9 Å². The number of methoxy groups -OCH3 is 1. The molecule has 1 atom stereocenters. The molecule has 2 aliphatic heterocycles. The van der Waals surface area contributed by atoms with Gasteiger partial charge in [0.25, 0.3) is 0 Å². The van der Waals surface area contributed by atoms with Crippen LogP contribution in [0.1, 0.15) is 42.5 Å². The fourth-order valence-electron chi connectivity index (χ4n) is 3.90. The molecule has 170 valence electrons. The average Bonchev–Trinajstić information content (AvgIpc) is 3.24. The van der Waals surface area contributed by atoms with Crippen molar-refractivity contribution in [2.45, 2.75) is 39.3 Å². The highest BCUT2D eigenvalue weighted by atomic mass is 32.2. The number of carbonyl (C=O) groups excluding carboxylic acids is 2. The van der Waals surface area contributed by atoms with Crippen molar-refractivity contribution in [3.63, 3.8) is 0 Å². The fraction of sp³-hybridized carbons (Fsp3) is 0.280. The number of aliphatic imine (C=N–C) groups is 1. The standard InChI is InChI=1S/C25H26N4O3S/c1-4-20-22(24(31)32-3)23(18-7-5-16(2)6-8-18)29-19(15-33-25(29)28-20)13-21(30)27-14-17-9-11-26-12-10-17/h5-12,15,23H,4,13-14H2,1-3H3,(H,27,30)/t23-/m0/s1. The summed E-state index contributed by atoms with van der Waals surface area (Å²) in [4.78, 5) is 36.4. The van der Waals surface area contributed by atoms with Crippen LogP contribution in [0.4, 0.5) is 0 Å². The number of nitrogens with zero attached hydrogens (tertiary/aromatic N) is 3. The van der Waals surface area contributed by atoms with Gasteiger partial charge in [-0.05, 0) is 42.0 Å². The van der Waals surface area contributed by atoms with Crippen LogP contribution in [0.2, 0.25) is 0 Å². The van der Waals surface area contributed by atoms with E-state index in [9.17, 15) is 9.59 Å². The van der Waals surface area contributed by atoms with Crippen molar-refractivity contribution in [1.29, 1.82) is 0 Å². The number of carbonyl (C=O) groups is 2. The van der Waals surface area contributed by atoms with Crippen LogP contribution >= 0.6 is 11.8 Å². The second-order valence-electron chi connectivity index (χ2n) is 7.82. The van der Waals surface area contributed by atoms with E-state index >= 15 is 0 Å². The lowest BCUT2D eigenvalue weighted by Crippen LogP contribution is -2.38. The zero-order valence-electron chi connectivity index (χ0n) is 18.9. The molecule has 2 aliphatic rings. The van der Waals surface area contributed by atoms with Crippen LogP contribution in [0.5, 0.6) is 0 Å². The van der Waals surface area contributed by atoms with Gasteiger partial charge in [0.15, 0.2) is 5.17 Å². The quantitative estimate of drug-likeness (QED) is 0.620. The van der Waals surface area contributed by atoms with E-state index in [1.807, 2.05) is 60.6 Å². The number of hydrogen-bond donors (Lipinski definition) is 1. The summed E-state index contributed by atoms with van der Waals surface area (Å²) in [5, 5.41) is 5.67. The summed E-state index contributed by atoms with van der Waals surface area (Å²) in [6.07, 6.45) is 4.18. The van der Waals surface area contributed by atoms with E-state index in [2.05, 4.69) is 10.3 Å². The third kappa shape index (κ3) is 4.85. The van der Waals surface area contributed by atoms with Crippen molar-refractivity contribution in [3.8, 4) is 0 Å². The molecule has 0 saturated heterocycles. The number of hydrogen-bond acceptors (Lipinski definition) is 7. The predicted molar refractivity (Wildman–Crippen MR) is 129 cm³/mol. The van der Waals surface area contributed by atoms with Gasteiger partial charge in [-0.15, -0.1) is 0 Å². The number of aryl methyl sites for hydroxylation is 1. The maximum atomic E-state index is 12.9. The van der Waals surface area contributed by atoms with E-state index < -0.39 is 12.0 Å². The minimum absolute atomic E-state index is 0.104. The Morgan fingerprint density at radius 3 is 2.55 bits per heavy atom. The topological polar surface area (TPSA) is 83.9 Å². The summed E-state index contributed by atoms with van der Waals surface area (Å²) in [6.45, 7) is 4.43. The number of pyridine rings is 1. The Balaban J connectivity index is 1.63. The molecule has 0 aliphatic carbocycles. The Morgan fingerprint density at radius 2 is 1.88 bits per heavy atom. The van der Waals surface area contributed by atoms with Crippen LogP contribution in [0.15, 0.2) is 76.2 Å². The molecule has 0 unspecified atom stereocenters. The van der Waals surface area contributed by atoms with Gasteiger partial charge < -0.3 is 15.0 Å². The van der Waals surface area contributed by atoms with Gasteiger partial charge in [0.1, 0.15) is 0 Å². The van der Waals surface area contributed by atoms with Gasteiger partial charge in [-0.25, -0.2) is 9.79 Å².